The van der Waals surface area contributed by atoms with Crippen LogP contribution in [0.25, 0.3) is 11.5 Å². The molecule has 2 heterocycles. The third-order valence-electron chi connectivity index (χ3n) is 3.68. The molecule has 1 unspecified atom stereocenters. The average Bonchev–Trinajstić information content (AvgIpc) is 3.25. The van der Waals surface area contributed by atoms with Gasteiger partial charge >= 0.3 is 0 Å². The predicted molar refractivity (Wildman–Crippen MR) is 88.1 cm³/mol. The van der Waals surface area contributed by atoms with E-state index in [-0.39, 0.29) is 18.4 Å². The summed E-state index contributed by atoms with van der Waals surface area (Å²) >= 11 is 0. The van der Waals surface area contributed by atoms with Gasteiger partial charge in [0, 0.05) is 18.4 Å². The normalized spacial score (nSPS) is 12.1. The summed E-state index contributed by atoms with van der Waals surface area (Å²) in [5.41, 5.74) is 2.04. The zero-order valence-electron chi connectivity index (χ0n) is 13.7. The van der Waals surface area contributed by atoms with Crippen molar-refractivity contribution in [1.29, 1.82) is 0 Å². The number of hydrogen-bond donors (Lipinski definition) is 1. The van der Waals surface area contributed by atoms with E-state index >= 15 is 0 Å². The second-order valence-electron chi connectivity index (χ2n) is 5.67. The number of carbonyl (C=O) groups excluding carboxylic acids is 1. The van der Waals surface area contributed by atoms with Crippen molar-refractivity contribution < 1.29 is 13.6 Å². The van der Waals surface area contributed by atoms with Gasteiger partial charge in [0.25, 0.3) is 0 Å². The molecule has 1 amide bonds. The van der Waals surface area contributed by atoms with Gasteiger partial charge in [-0.3, -0.25) is 4.79 Å². The molecule has 3 rings (SSSR count). The van der Waals surface area contributed by atoms with Crippen LogP contribution >= 0.6 is 0 Å². The Balaban J connectivity index is 1.53. The summed E-state index contributed by atoms with van der Waals surface area (Å²) in [7, 11) is 0. The van der Waals surface area contributed by atoms with Crippen molar-refractivity contribution in [2.75, 3.05) is 0 Å². The lowest BCUT2D eigenvalue weighted by Gasteiger charge is -2.10. The standard InChI is InChI=1S/C18H19N3O3/c1-12-5-7-14(8-6-12)18-21-20-17(24-18)10-9-16(22)19-13(2)15-4-3-11-23-15/h3-8,11,13H,9-10H2,1-2H3,(H,19,22). The van der Waals surface area contributed by atoms with Gasteiger partial charge in [0.1, 0.15) is 5.76 Å². The van der Waals surface area contributed by atoms with Crippen molar-refractivity contribution in [1.82, 2.24) is 15.5 Å². The van der Waals surface area contributed by atoms with Crippen LogP contribution in [-0.4, -0.2) is 16.1 Å². The molecule has 2 aromatic heterocycles. The predicted octanol–water partition coefficient (Wildman–Crippen LogP) is 3.45. The summed E-state index contributed by atoms with van der Waals surface area (Å²) in [6.07, 6.45) is 2.26. The van der Waals surface area contributed by atoms with Crippen LogP contribution in [-0.2, 0) is 11.2 Å². The summed E-state index contributed by atoms with van der Waals surface area (Å²) in [6.45, 7) is 3.89. The van der Waals surface area contributed by atoms with Crippen molar-refractivity contribution in [2.45, 2.75) is 32.7 Å². The quantitative estimate of drug-likeness (QED) is 0.750. The number of rotatable bonds is 6. The largest absolute Gasteiger partial charge is 0.467 e. The number of furan rings is 1. The number of nitrogens with one attached hydrogen (secondary N) is 1. The van der Waals surface area contributed by atoms with Crippen LogP contribution in [0.15, 0.2) is 51.5 Å². The maximum Gasteiger partial charge on any atom is 0.247 e. The number of carbonyl (C=O) groups is 1. The molecular formula is C18H19N3O3. The lowest BCUT2D eigenvalue weighted by atomic mass is 10.1. The molecule has 0 radical (unpaired) electrons. The molecule has 0 saturated heterocycles. The number of aromatic nitrogens is 2. The third-order valence-corrected chi connectivity index (χ3v) is 3.68. The number of aryl methyl sites for hydroxylation is 2. The first kappa shape index (κ1) is 16.0. The fourth-order valence-electron chi connectivity index (χ4n) is 2.31. The van der Waals surface area contributed by atoms with E-state index in [2.05, 4.69) is 15.5 Å². The van der Waals surface area contributed by atoms with E-state index < -0.39 is 0 Å². The van der Waals surface area contributed by atoms with Crippen LogP contribution in [0, 0.1) is 6.92 Å². The average molecular weight is 325 g/mol. The molecule has 1 aromatic carbocycles. The highest BCUT2D eigenvalue weighted by atomic mass is 16.4. The second-order valence-corrected chi connectivity index (χ2v) is 5.67. The molecular weight excluding hydrogens is 306 g/mol. The summed E-state index contributed by atoms with van der Waals surface area (Å²) in [5.74, 6) is 1.55. The molecule has 3 aromatic rings. The minimum atomic E-state index is -0.168. The van der Waals surface area contributed by atoms with Crippen molar-refractivity contribution >= 4 is 5.91 Å². The Morgan fingerprint density at radius 1 is 1.21 bits per heavy atom. The van der Waals surface area contributed by atoms with Crippen molar-refractivity contribution in [3.8, 4) is 11.5 Å². The van der Waals surface area contributed by atoms with Gasteiger partial charge in [0.2, 0.25) is 17.7 Å². The lowest BCUT2D eigenvalue weighted by molar-refractivity contribution is -0.121. The van der Waals surface area contributed by atoms with Gasteiger partial charge in [-0.25, -0.2) is 0 Å². The van der Waals surface area contributed by atoms with E-state index in [1.165, 1.54) is 5.56 Å². The maximum absolute atomic E-state index is 12.0. The fraction of sp³-hybridized carbons (Fsp3) is 0.278. The van der Waals surface area contributed by atoms with Gasteiger partial charge in [-0.1, -0.05) is 17.7 Å². The number of amides is 1. The minimum absolute atomic E-state index is 0.0889. The highest BCUT2D eigenvalue weighted by Crippen LogP contribution is 2.19. The van der Waals surface area contributed by atoms with Gasteiger partial charge in [0.15, 0.2) is 0 Å². The SMILES string of the molecule is Cc1ccc(-c2nnc(CCC(=O)NC(C)c3ccco3)o2)cc1. The summed E-state index contributed by atoms with van der Waals surface area (Å²) in [5, 5.41) is 10.9. The molecule has 1 atom stereocenters. The molecule has 6 nitrogen and oxygen atoms in total. The maximum atomic E-state index is 12.0. The van der Waals surface area contributed by atoms with Crippen LogP contribution in [0.3, 0.4) is 0 Å². The van der Waals surface area contributed by atoms with E-state index in [4.69, 9.17) is 8.83 Å². The smallest absolute Gasteiger partial charge is 0.247 e. The Bertz CT molecular complexity index is 791. The fourth-order valence-corrected chi connectivity index (χ4v) is 2.31. The first-order chi connectivity index (χ1) is 11.6. The van der Waals surface area contributed by atoms with Gasteiger partial charge < -0.3 is 14.2 Å². The minimum Gasteiger partial charge on any atom is -0.467 e. The van der Waals surface area contributed by atoms with Gasteiger partial charge in [-0.05, 0) is 38.1 Å². The van der Waals surface area contributed by atoms with Crippen molar-refractivity contribution in [2.24, 2.45) is 0 Å². The topological polar surface area (TPSA) is 81.2 Å². The lowest BCUT2D eigenvalue weighted by Crippen LogP contribution is -2.26. The van der Waals surface area contributed by atoms with Crippen molar-refractivity contribution in [3.05, 3.63) is 59.9 Å². The van der Waals surface area contributed by atoms with Gasteiger partial charge in [0.05, 0.1) is 12.3 Å². The van der Waals surface area contributed by atoms with Crippen molar-refractivity contribution in [3.63, 3.8) is 0 Å². The third kappa shape index (κ3) is 3.90. The number of benzene rings is 1. The Morgan fingerprint density at radius 3 is 2.71 bits per heavy atom. The van der Waals surface area contributed by atoms with E-state index in [1.807, 2.05) is 44.2 Å². The molecule has 0 fully saturated rings. The van der Waals surface area contributed by atoms with Crippen LogP contribution in [0.2, 0.25) is 0 Å². The van der Waals surface area contributed by atoms with Crippen LogP contribution in [0.4, 0.5) is 0 Å². The van der Waals surface area contributed by atoms with Crippen LogP contribution in [0.1, 0.15) is 36.6 Å². The molecule has 1 N–H and O–H groups in total. The molecule has 0 aliphatic rings. The highest BCUT2D eigenvalue weighted by Gasteiger charge is 2.14. The second kappa shape index (κ2) is 7.12. The summed E-state index contributed by atoms with van der Waals surface area (Å²) < 4.78 is 10.9. The first-order valence-electron chi connectivity index (χ1n) is 7.84. The zero-order chi connectivity index (χ0) is 16.9. The van der Waals surface area contributed by atoms with E-state index in [1.54, 1.807) is 12.3 Å². The van der Waals surface area contributed by atoms with E-state index in [9.17, 15) is 4.79 Å². The molecule has 24 heavy (non-hydrogen) atoms. The highest BCUT2D eigenvalue weighted by molar-refractivity contribution is 5.76. The van der Waals surface area contributed by atoms with E-state index in [0.29, 0.717) is 18.2 Å². The van der Waals surface area contributed by atoms with Crippen LogP contribution in [0.5, 0.6) is 0 Å². The van der Waals surface area contributed by atoms with Gasteiger partial charge in [-0.2, -0.15) is 0 Å². The monoisotopic (exact) mass is 325 g/mol. The Kier molecular flexibility index (Phi) is 4.74. The number of nitrogens with zero attached hydrogens (tertiary/aromatic N) is 2. The van der Waals surface area contributed by atoms with Gasteiger partial charge in [-0.15, -0.1) is 10.2 Å². The number of hydrogen-bond acceptors (Lipinski definition) is 5. The molecule has 0 bridgehead atoms. The summed E-state index contributed by atoms with van der Waals surface area (Å²) in [4.78, 5) is 12.0. The summed E-state index contributed by atoms with van der Waals surface area (Å²) in [6, 6.07) is 11.3. The molecule has 0 aliphatic heterocycles. The molecule has 0 aliphatic carbocycles. The Hall–Kier alpha value is -2.89. The Labute approximate surface area is 139 Å². The molecule has 124 valence electrons. The zero-order valence-corrected chi connectivity index (χ0v) is 13.7. The van der Waals surface area contributed by atoms with Crippen LogP contribution < -0.4 is 5.32 Å². The first-order valence-corrected chi connectivity index (χ1v) is 7.84. The molecule has 0 saturated carbocycles. The van der Waals surface area contributed by atoms with E-state index in [0.717, 1.165) is 11.3 Å². The molecule has 6 heteroatoms. The Morgan fingerprint density at radius 2 is 2.00 bits per heavy atom. The molecule has 0 spiro atoms.